The van der Waals surface area contributed by atoms with Crippen LogP contribution in [0.25, 0.3) is 10.9 Å². The van der Waals surface area contributed by atoms with Gasteiger partial charge in [0, 0.05) is 22.8 Å². The number of anilines is 1. The van der Waals surface area contributed by atoms with Crippen molar-refractivity contribution in [2.24, 2.45) is 0 Å². The fourth-order valence-corrected chi connectivity index (χ4v) is 2.72. The van der Waals surface area contributed by atoms with Gasteiger partial charge in [0.1, 0.15) is 0 Å². The summed E-state index contributed by atoms with van der Waals surface area (Å²) in [5.74, 6) is -1.36. The topological polar surface area (TPSA) is 100 Å². The number of esters is 1. The summed E-state index contributed by atoms with van der Waals surface area (Å²) >= 11 is 0. The highest BCUT2D eigenvalue weighted by molar-refractivity contribution is 6.06. The highest BCUT2D eigenvalue weighted by Gasteiger charge is 2.16. The first kappa shape index (κ1) is 18.2. The van der Waals surface area contributed by atoms with E-state index in [0.717, 1.165) is 16.6 Å². The number of carbonyl (C=O) groups is 3. The Bertz CT molecular complexity index is 1020. The van der Waals surface area contributed by atoms with Gasteiger partial charge < -0.3 is 15.0 Å². The van der Waals surface area contributed by atoms with Crippen molar-refractivity contribution in [2.45, 2.75) is 13.8 Å². The molecular formula is C20H19N3O4. The molecule has 3 rings (SSSR count). The highest BCUT2D eigenvalue weighted by Crippen LogP contribution is 2.18. The molecule has 138 valence electrons. The van der Waals surface area contributed by atoms with E-state index in [1.807, 2.05) is 38.1 Å². The summed E-state index contributed by atoms with van der Waals surface area (Å²) < 4.78 is 5.00. The fraction of sp³-hybridized carbons (Fsp3) is 0.150. The first-order valence-electron chi connectivity index (χ1n) is 8.35. The predicted octanol–water partition coefficient (Wildman–Crippen LogP) is 3.29. The van der Waals surface area contributed by atoms with Crippen molar-refractivity contribution in [1.82, 2.24) is 10.3 Å². The molecular weight excluding hydrogens is 346 g/mol. The lowest BCUT2D eigenvalue weighted by Crippen LogP contribution is -2.37. The second-order valence-electron chi connectivity index (χ2n) is 6.14. The summed E-state index contributed by atoms with van der Waals surface area (Å²) in [6.45, 7) is 3.24. The predicted molar refractivity (Wildman–Crippen MR) is 102 cm³/mol. The van der Waals surface area contributed by atoms with E-state index in [0.29, 0.717) is 16.6 Å². The number of hydrogen-bond donors (Lipinski definition) is 3. The quantitative estimate of drug-likeness (QED) is 0.618. The Balaban J connectivity index is 1.53. The zero-order chi connectivity index (χ0) is 19.4. The number of aromatic amines is 1. The number of nitrogens with one attached hydrogen (secondary N) is 3. The average molecular weight is 365 g/mol. The van der Waals surface area contributed by atoms with E-state index in [2.05, 4.69) is 15.6 Å². The van der Waals surface area contributed by atoms with Crippen molar-refractivity contribution >= 4 is 34.5 Å². The third kappa shape index (κ3) is 4.33. The molecule has 7 nitrogen and oxygen atoms in total. The molecule has 3 N–H and O–H groups in total. The Morgan fingerprint density at radius 3 is 2.63 bits per heavy atom. The molecule has 0 atom stereocenters. The van der Waals surface area contributed by atoms with Crippen LogP contribution in [0.5, 0.6) is 0 Å². The van der Waals surface area contributed by atoms with Gasteiger partial charge in [0.25, 0.3) is 5.91 Å². The monoisotopic (exact) mass is 365 g/mol. The lowest BCUT2D eigenvalue weighted by molar-refractivity contribution is -0.123. The SMILES string of the molecule is Cc1ccc(NC(=O)NC(=O)COC(=O)c2c[nH]c3ccccc23)c(C)c1. The van der Waals surface area contributed by atoms with E-state index in [1.54, 1.807) is 18.2 Å². The number of rotatable bonds is 4. The molecule has 0 bridgehead atoms. The second kappa shape index (κ2) is 7.74. The number of aryl methyl sites for hydroxylation is 2. The van der Waals surface area contributed by atoms with Crippen molar-refractivity contribution in [2.75, 3.05) is 11.9 Å². The number of benzene rings is 2. The maximum atomic E-state index is 12.2. The molecule has 0 fully saturated rings. The third-order valence-electron chi connectivity index (χ3n) is 4.03. The molecule has 1 heterocycles. The Kier molecular flexibility index (Phi) is 5.21. The van der Waals surface area contributed by atoms with Gasteiger partial charge in [-0.15, -0.1) is 0 Å². The molecule has 7 heteroatoms. The molecule has 27 heavy (non-hydrogen) atoms. The molecule has 1 aromatic heterocycles. The Morgan fingerprint density at radius 2 is 1.85 bits per heavy atom. The number of urea groups is 1. The van der Waals surface area contributed by atoms with Crippen LogP contribution >= 0.6 is 0 Å². The molecule has 2 aromatic carbocycles. The number of fused-ring (bicyclic) bond motifs is 1. The van der Waals surface area contributed by atoms with Gasteiger partial charge in [-0.1, -0.05) is 35.9 Å². The summed E-state index contributed by atoms with van der Waals surface area (Å²) in [6.07, 6.45) is 1.53. The summed E-state index contributed by atoms with van der Waals surface area (Å²) in [6, 6.07) is 12.1. The number of ether oxygens (including phenoxy) is 1. The van der Waals surface area contributed by atoms with Crippen LogP contribution in [0, 0.1) is 13.8 Å². The first-order valence-corrected chi connectivity index (χ1v) is 8.35. The molecule has 0 aliphatic rings. The molecule has 0 aliphatic carbocycles. The normalized spacial score (nSPS) is 10.4. The van der Waals surface area contributed by atoms with Gasteiger partial charge in [-0.2, -0.15) is 0 Å². The molecule has 0 aliphatic heterocycles. The Morgan fingerprint density at radius 1 is 1.07 bits per heavy atom. The number of amides is 3. The third-order valence-corrected chi connectivity index (χ3v) is 4.03. The van der Waals surface area contributed by atoms with Gasteiger partial charge in [-0.3, -0.25) is 10.1 Å². The minimum absolute atomic E-state index is 0.332. The number of carbonyl (C=O) groups excluding carboxylic acids is 3. The van der Waals surface area contributed by atoms with Crippen LogP contribution in [0.4, 0.5) is 10.5 Å². The number of aromatic nitrogens is 1. The smallest absolute Gasteiger partial charge is 0.340 e. The molecule has 0 saturated carbocycles. The van der Waals surface area contributed by atoms with E-state index in [4.69, 9.17) is 4.74 Å². The second-order valence-corrected chi connectivity index (χ2v) is 6.14. The number of H-pyrrole nitrogens is 1. The lowest BCUT2D eigenvalue weighted by atomic mass is 10.1. The Hall–Kier alpha value is -3.61. The van der Waals surface area contributed by atoms with Crippen LogP contribution < -0.4 is 10.6 Å². The molecule has 3 aromatic rings. The highest BCUT2D eigenvalue weighted by atomic mass is 16.5. The van der Waals surface area contributed by atoms with Crippen molar-refractivity contribution in [3.8, 4) is 0 Å². The van der Waals surface area contributed by atoms with Gasteiger partial charge >= 0.3 is 12.0 Å². The molecule has 0 radical (unpaired) electrons. The van der Waals surface area contributed by atoms with E-state index >= 15 is 0 Å². The van der Waals surface area contributed by atoms with Gasteiger partial charge in [0.05, 0.1) is 5.56 Å². The maximum Gasteiger partial charge on any atom is 0.340 e. The maximum absolute atomic E-state index is 12.2. The van der Waals surface area contributed by atoms with Crippen molar-refractivity contribution < 1.29 is 19.1 Å². The number of para-hydroxylation sites is 1. The van der Waals surface area contributed by atoms with Crippen LogP contribution in [0.2, 0.25) is 0 Å². The molecule has 0 spiro atoms. The largest absolute Gasteiger partial charge is 0.452 e. The van der Waals surface area contributed by atoms with Gasteiger partial charge in [0.15, 0.2) is 6.61 Å². The summed E-state index contributed by atoms with van der Waals surface area (Å²) in [7, 11) is 0. The van der Waals surface area contributed by atoms with Crippen molar-refractivity contribution in [3.63, 3.8) is 0 Å². The van der Waals surface area contributed by atoms with Crippen LogP contribution in [-0.4, -0.2) is 29.5 Å². The van der Waals surface area contributed by atoms with Gasteiger partial charge in [-0.05, 0) is 31.5 Å². The van der Waals surface area contributed by atoms with Crippen LogP contribution in [0.15, 0.2) is 48.7 Å². The minimum Gasteiger partial charge on any atom is -0.452 e. The molecule has 0 saturated heterocycles. The lowest BCUT2D eigenvalue weighted by Gasteiger charge is -2.10. The zero-order valence-electron chi connectivity index (χ0n) is 15.0. The van der Waals surface area contributed by atoms with E-state index < -0.39 is 24.5 Å². The summed E-state index contributed by atoms with van der Waals surface area (Å²) in [5.41, 5.74) is 3.67. The Labute approximate surface area is 155 Å². The van der Waals surface area contributed by atoms with Crippen LogP contribution in [0.1, 0.15) is 21.5 Å². The van der Waals surface area contributed by atoms with E-state index in [-0.39, 0.29) is 0 Å². The van der Waals surface area contributed by atoms with Crippen molar-refractivity contribution in [1.29, 1.82) is 0 Å². The average Bonchev–Trinajstić information content (AvgIpc) is 3.06. The minimum atomic E-state index is -0.717. The number of imide groups is 1. The van der Waals surface area contributed by atoms with Crippen molar-refractivity contribution in [3.05, 3.63) is 65.4 Å². The molecule has 0 unspecified atom stereocenters. The standard InChI is InChI=1S/C20H19N3O4/c1-12-7-8-16(13(2)9-12)22-20(26)23-18(24)11-27-19(25)15-10-21-17-6-4-3-5-14(15)17/h3-10,21H,11H2,1-2H3,(H2,22,23,24,26). The number of hydrogen-bond acceptors (Lipinski definition) is 4. The van der Waals surface area contributed by atoms with E-state index in [9.17, 15) is 14.4 Å². The zero-order valence-corrected chi connectivity index (χ0v) is 15.0. The summed E-state index contributed by atoms with van der Waals surface area (Å²) in [5, 5.41) is 5.43. The van der Waals surface area contributed by atoms with Crippen LogP contribution in [0.3, 0.4) is 0 Å². The van der Waals surface area contributed by atoms with E-state index in [1.165, 1.54) is 6.20 Å². The van der Waals surface area contributed by atoms with Gasteiger partial charge in [0.2, 0.25) is 0 Å². The first-order chi connectivity index (χ1) is 12.9. The van der Waals surface area contributed by atoms with Gasteiger partial charge in [-0.25, -0.2) is 9.59 Å². The fourth-order valence-electron chi connectivity index (χ4n) is 2.72. The summed E-state index contributed by atoms with van der Waals surface area (Å²) in [4.78, 5) is 38.9. The van der Waals surface area contributed by atoms with Crippen LogP contribution in [-0.2, 0) is 9.53 Å². The molecule has 3 amide bonds.